The minimum absolute atomic E-state index is 0.220. The van der Waals surface area contributed by atoms with Gasteiger partial charge in [0.25, 0.3) is 0 Å². The van der Waals surface area contributed by atoms with Gasteiger partial charge in [-0.3, -0.25) is 4.90 Å². The third-order valence-corrected chi connectivity index (χ3v) is 6.68. The quantitative estimate of drug-likeness (QED) is 0.823. The minimum atomic E-state index is -0.921. The van der Waals surface area contributed by atoms with Crippen molar-refractivity contribution in [3.63, 3.8) is 0 Å². The summed E-state index contributed by atoms with van der Waals surface area (Å²) in [6.07, 6.45) is 5.08. The molecule has 4 fully saturated rings. The monoisotopic (exact) mass is 312 g/mol. The van der Waals surface area contributed by atoms with Gasteiger partial charge in [-0.25, -0.2) is 0 Å². The zero-order valence-electron chi connectivity index (χ0n) is 13.4. The number of hydrogen-bond donors (Lipinski definition) is 2. The lowest BCUT2D eigenvalue weighted by Gasteiger charge is -2.55. The molecule has 1 aromatic carbocycles. The first-order chi connectivity index (χ1) is 11.2. The summed E-state index contributed by atoms with van der Waals surface area (Å²) in [4.78, 5) is 2.52. The largest absolute Gasteiger partial charge is 0.380 e. The van der Waals surface area contributed by atoms with E-state index in [4.69, 9.17) is 4.74 Å². The molecular weight excluding hydrogens is 288 g/mol. The highest BCUT2D eigenvalue weighted by Crippen LogP contribution is 2.57. The van der Waals surface area contributed by atoms with Gasteiger partial charge in [0.1, 0.15) is 5.60 Å². The number of benzene rings is 1. The molecule has 122 valence electrons. The lowest BCUT2D eigenvalue weighted by Crippen LogP contribution is -2.68. The van der Waals surface area contributed by atoms with E-state index in [-0.39, 0.29) is 6.04 Å². The van der Waals surface area contributed by atoms with Crippen LogP contribution in [0.25, 0.3) is 0 Å². The van der Waals surface area contributed by atoms with Gasteiger partial charge in [0.2, 0.25) is 0 Å². The molecule has 1 unspecified atom stereocenters. The van der Waals surface area contributed by atoms with Gasteiger partial charge in [-0.2, -0.15) is 0 Å². The lowest BCUT2D eigenvalue weighted by molar-refractivity contribution is -0.168. The number of aliphatic hydroxyl groups is 1. The number of hydrogen-bond acceptors (Lipinski definition) is 4. The summed E-state index contributed by atoms with van der Waals surface area (Å²) in [5.41, 5.74) is 0.412. The zero-order valence-corrected chi connectivity index (χ0v) is 13.4. The number of para-hydroxylation sites is 1. The van der Waals surface area contributed by atoms with Crippen LogP contribution in [-0.4, -0.2) is 41.5 Å². The summed E-state index contributed by atoms with van der Waals surface area (Å²) in [5.74, 6) is 1.24. The molecule has 1 aromatic rings. The van der Waals surface area contributed by atoms with E-state index in [9.17, 15) is 5.11 Å². The third-order valence-electron chi connectivity index (χ3n) is 6.68. The molecule has 0 spiro atoms. The van der Waals surface area contributed by atoms with Crippen molar-refractivity contribution < 1.29 is 9.84 Å². The van der Waals surface area contributed by atoms with E-state index < -0.39 is 11.3 Å². The molecule has 4 nitrogen and oxygen atoms in total. The Morgan fingerprint density at radius 2 is 2.26 bits per heavy atom. The van der Waals surface area contributed by atoms with Crippen LogP contribution in [0.4, 0.5) is 5.69 Å². The van der Waals surface area contributed by atoms with E-state index in [1.54, 1.807) is 0 Å². The maximum absolute atomic E-state index is 11.6. The topological polar surface area (TPSA) is 44.7 Å². The molecule has 0 saturated carbocycles. The van der Waals surface area contributed by atoms with Crippen LogP contribution in [0.15, 0.2) is 36.9 Å². The van der Waals surface area contributed by atoms with E-state index in [0.717, 1.165) is 30.8 Å². The standard InChI is InChI=1S/C19H24N2O2/c1-2-13-12-21-9-7-14(13)11-17(21)19-18(22,8-10-23-19)15-5-3-4-6-16(15)20-19/h2-6,13-14,17,20,22H,1,7-12H2/t13-,14-,17-,18-,19+/m1/s1. The van der Waals surface area contributed by atoms with Gasteiger partial charge >= 0.3 is 0 Å². The van der Waals surface area contributed by atoms with Gasteiger partial charge in [0, 0.05) is 24.2 Å². The Morgan fingerprint density at radius 3 is 3.04 bits per heavy atom. The Hall–Kier alpha value is -1.36. The summed E-state index contributed by atoms with van der Waals surface area (Å²) in [7, 11) is 0. The Labute approximate surface area is 137 Å². The van der Waals surface area contributed by atoms with Crippen molar-refractivity contribution in [3.05, 3.63) is 42.5 Å². The molecule has 2 bridgehead atoms. The number of nitrogens with zero attached hydrogens (tertiary/aromatic N) is 1. The SMILES string of the molecule is C=C[C@@H]1CN2CC[C@@H]1C[C@@H]2[C@@]12Nc3ccccc3[C@]1(O)CCO2. The zero-order chi connectivity index (χ0) is 15.7. The molecule has 0 aliphatic carbocycles. The third kappa shape index (κ3) is 1.61. The molecular formula is C19H24N2O2. The summed E-state index contributed by atoms with van der Waals surface area (Å²) in [6.45, 7) is 6.76. The molecule has 6 rings (SSSR count). The van der Waals surface area contributed by atoms with Gasteiger partial charge in [0.15, 0.2) is 5.72 Å². The number of piperidine rings is 3. The van der Waals surface area contributed by atoms with Crippen LogP contribution in [0.2, 0.25) is 0 Å². The van der Waals surface area contributed by atoms with Crippen LogP contribution >= 0.6 is 0 Å². The summed E-state index contributed by atoms with van der Waals surface area (Å²) in [5, 5.41) is 15.2. The molecule has 23 heavy (non-hydrogen) atoms. The number of nitrogens with one attached hydrogen (secondary N) is 1. The number of ether oxygens (including phenoxy) is 1. The molecule has 6 atom stereocenters. The minimum Gasteiger partial charge on any atom is -0.380 e. The van der Waals surface area contributed by atoms with Crippen molar-refractivity contribution in [1.29, 1.82) is 0 Å². The van der Waals surface area contributed by atoms with E-state index in [0.29, 0.717) is 24.9 Å². The van der Waals surface area contributed by atoms with Crippen LogP contribution in [-0.2, 0) is 10.3 Å². The number of rotatable bonds is 2. The molecule has 2 N–H and O–H groups in total. The van der Waals surface area contributed by atoms with Crippen LogP contribution in [0.5, 0.6) is 0 Å². The predicted octanol–water partition coefficient (Wildman–Crippen LogP) is 2.31. The van der Waals surface area contributed by atoms with E-state index in [2.05, 4.69) is 28.9 Å². The molecule has 5 aliphatic heterocycles. The molecule has 5 aliphatic rings. The first-order valence-corrected chi connectivity index (χ1v) is 8.78. The van der Waals surface area contributed by atoms with Gasteiger partial charge in [-0.05, 0) is 37.3 Å². The fraction of sp³-hybridized carbons (Fsp3) is 0.579. The van der Waals surface area contributed by atoms with Crippen molar-refractivity contribution in [2.24, 2.45) is 11.8 Å². The van der Waals surface area contributed by atoms with E-state index in [1.165, 1.54) is 6.42 Å². The summed E-state index contributed by atoms with van der Waals surface area (Å²) in [6, 6.07) is 8.35. The van der Waals surface area contributed by atoms with Crippen LogP contribution < -0.4 is 5.32 Å². The second-order valence-electron chi connectivity index (χ2n) is 7.56. The van der Waals surface area contributed by atoms with Crippen molar-refractivity contribution in [3.8, 4) is 0 Å². The van der Waals surface area contributed by atoms with Gasteiger partial charge in [-0.1, -0.05) is 24.3 Å². The van der Waals surface area contributed by atoms with Crippen LogP contribution in [0, 0.1) is 11.8 Å². The average molecular weight is 312 g/mol. The Morgan fingerprint density at radius 1 is 1.39 bits per heavy atom. The van der Waals surface area contributed by atoms with Crippen LogP contribution in [0.1, 0.15) is 24.8 Å². The maximum Gasteiger partial charge on any atom is 0.187 e. The second-order valence-corrected chi connectivity index (χ2v) is 7.56. The first kappa shape index (κ1) is 14.0. The highest BCUT2D eigenvalue weighted by Gasteiger charge is 2.67. The molecule has 4 heteroatoms. The van der Waals surface area contributed by atoms with Gasteiger partial charge in [0.05, 0.1) is 12.6 Å². The fourth-order valence-electron chi connectivity index (χ4n) is 5.51. The maximum atomic E-state index is 11.6. The fourth-order valence-corrected chi connectivity index (χ4v) is 5.51. The molecule has 0 radical (unpaired) electrons. The second kappa shape index (κ2) is 4.59. The molecule has 4 saturated heterocycles. The van der Waals surface area contributed by atoms with Crippen molar-refractivity contribution >= 4 is 5.69 Å². The first-order valence-electron chi connectivity index (χ1n) is 8.78. The van der Waals surface area contributed by atoms with Gasteiger partial charge in [-0.15, -0.1) is 6.58 Å². The van der Waals surface area contributed by atoms with E-state index >= 15 is 0 Å². The summed E-state index contributed by atoms with van der Waals surface area (Å²) < 4.78 is 6.28. The van der Waals surface area contributed by atoms with E-state index in [1.807, 2.05) is 18.2 Å². The Bertz CT molecular complexity index is 663. The molecule has 5 heterocycles. The highest BCUT2D eigenvalue weighted by atomic mass is 16.5. The molecule has 0 amide bonds. The lowest BCUT2D eigenvalue weighted by atomic mass is 9.70. The number of fused-ring (bicyclic) bond motifs is 7. The Balaban J connectivity index is 1.57. The Kier molecular flexibility index (Phi) is 2.80. The van der Waals surface area contributed by atoms with Crippen molar-refractivity contribution in [2.75, 3.05) is 25.0 Å². The highest BCUT2D eigenvalue weighted by molar-refractivity contribution is 5.63. The predicted molar refractivity (Wildman–Crippen MR) is 89.0 cm³/mol. The van der Waals surface area contributed by atoms with Crippen molar-refractivity contribution in [1.82, 2.24) is 4.90 Å². The smallest absolute Gasteiger partial charge is 0.187 e. The normalized spacial score (nSPS) is 47.0. The molecule has 0 aromatic heterocycles. The summed E-state index contributed by atoms with van der Waals surface area (Å²) >= 11 is 0. The van der Waals surface area contributed by atoms with Crippen molar-refractivity contribution in [2.45, 2.75) is 36.6 Å². The van der Waals surface area contributed by atoms with Gasteiger partial charge < -0.3 is 15.2 Å². The van der Waals surface area contributed by atoms with Crippen LogP contribution in [0.3, 0.4) is 0 Å². The average Bonchev–Trinajstić information content (AvgIpc) is 3.05. The number of anilines is 1.